The van der Waals surface area contributed by atoms with E-state index in [4.69, 9.17) is 9.84 Å². The molecular formula is C32H34N10O2. The third kappa shape index (κ3) is 6.35. The molecule has 1 aliphatic heterocycles. The second kappa shape index (κ2) is 12.5. The first-order valence-electron chi connectivity index (χ1n) is 14.4. The van der Waals surface area contributed by atoms with Crippen LogP contribution in [0.1, 0.15) is 27.2 Å². The zero-order valence-electron chi connectivity index (χ0n) is 25.2. The summed E-state index contributed by atoms with van der Waals surface area (Å²) in [6.07, 6.45) is 6.68. The van der Waals surface area contributed by atoms with Crippen LogP contribution >= 0.6 is 0 Å². The Balaban J connectivity index is 1.21. The first-order chi connectivity index (χ1) is 21.3. The number of carbonyl (C=O) groups is 1. The summed E-state index contributed by atoms with van der Waals surface area (Å²) in [6.45, 7) is 8.99. The lowest BCUT2D eigenvalue weighted by molar-refractivity contribution is 0.102. The van der Waals surface area contributed by atoms with Crippen LogP contribution in [0.4, 0.5) is 34.5 Å². The number of hydrogen-bond acceptors (Lipinski definition) is 10. The van der Waals surface area contributed by atoms with E-state index in [-0.39, 0.29) is 5.91 Å². The van der Waals surface area contributed by atoms with Gasteiger partial charge in [0.05, 0.1) is 36.4 Å². The third-order valence-electron chi connectivity index (χ3n) is 7.38. The van der Waals surface area contributed by atoms with Crippen LogP contribution in [0.25, 0.3) is 5.82 Å². The number of amides is 1. The van der Waals surface area contributed by atoms with Crippen LogP contribution in [0.2, 0.25) is 0 Å². The molecule has 0 saturated carbocycles. The smallest absolute Gasteiger partial charge is 0.257 e. The number of pyridine rings is 2. The van der Waals surface area contributed by atoms with Gasteiger partial charge in [-0.25, -0.2) is 15.0 Å². The highest BCUT2D eigenvalue weighted by atomic mass is 16.5. The monoisotopic (exact) mass is 590 g/mol. The van der Waals surface area contributed by atoms with E-state index in [0.717, 1.165) is 66.1 Å². The highest BCUT2D eigenvalue weighted by molar-refractivity contribution is 6.04. The maximum Gasteiger partial charge on any atom is 0.257 e. The summed E-state index contributed by atoms with van der Waals surface area (Å²) in [5.74, 6) is 2.53. The Hall–Kier alpha value is -5.36. The van der Waals surface area contributed by atoms with Gasteiger partial charge in [0.25, 0.3) is 5.91 Å². The fraction of sp³-hybridized carbons (Fsp3) is 0.250. The van der Waals surface area contributed by atoms with E-state index in [0.29, 0.717) is 22.9 Å². The molecule has 224 valence electrons. The number of carbonyl (C=O) groups excluding carboxylic acids is 1. The SMILES string of the molecule is Cc1cncc(C(=O)Nc2ccc(C)c(Nc3cc(C)nn3-c3cc(N(C)c4ccc(N5CCOCC5)cn4)ncn3)c2)c1. The predicted octanol–water partition coefficient (Wildman–Crippen LogP) is 4.98. The Kier molecular flexibility index (Phi) is 8.15. The minimum atomic E-state index is -0.222. The highest BCUT2D eigenvalue weighted by Crippen LogP contribution is 2.28. The van der Waals surface area contributed by atoms with E-state index in [2.05, 4.69) is 41.5 Å². The fourth-order valence-electron chi connectivity index (χ4n) is 4.96. The van der Waals surface area contributed by atoms with Gasteiger partial charge in [-0.3, -0.25) is 9.78 Å². The van der Waals surface area contributed by atoms with Crippen LogP contribution in [0.3, 0.4) is 0 Å². The Morgan fingerprint density at radius 3 is 2.52 bits per heavy atom. The number of benzene rings is 1. The first kappa shape index (κ1) is 28.7. The van der Waals surface area contributed by atoms with Crippen molar-refractivity contribution in [1.82, 2.24) is 29.7 Å². The third-order valence-corrected chi connectivity index (χ3v) is 7.38. The van der Waals surface area contributed by atoms with Crippen LogP contribution in [0.15, 0.2) is 73.4 Å². The van der Waals surface area contributed by atoms with Crippen LogP contribution in [-0.2, 0) is 4.74 Å². The zero-order chi connectivity index (χ0) is 30.6. The number of nitrogens with one attached hydrogen (secondary N) is 2. The maximum absolute atomic E-state index is 12.8. The molecular weight excluding hydrogens is 556 g/mol. The standard InChI is InChI=1S/C32H34N10O2/c1-21-13-24(18-33-17-21)32(43)37-25-6-5-22(2)27(15-25)38-31-14-23(3)39-42(31)30-16-29(35-20-36-30)40(4)28-8-7-26(19-34-28)41-9-11-44-12-10-41/h5-8,13-20,38H,9-12H2,1-4H3,(H,37,43). The molecule has 0 radical (unpaired) electrons. The Bertz CT molecular complexity index is 1780. The summed E-state index contributed by atoms with van der Waals surface area (Å²) >= 11 is 0. The quantitative estimate of drug-likeness (QED) is 0.256. The first-order valence-corrected chi connectivity index (χ1v) is 14.4. The molecule has 12 heteroatoms. The molecule has 5 heterocycles. The van der Waals surface area contributed by atoms with Gasteiger partial charge in [-0.1, -0.05) is 6.07 Å². The fourth-order valence-corrected chi connectivity index (χ4v) is 4.96. The number of ether oxygens (including phenoxy) is 1. The summed E-state index contributed by atoms with van der Waals surface area (Å²) in [6, 6.07) is 15.4. The summed E-state index contributed by atoms with van der Waals surface area (Å²) in [7, 11) is 1.92. The molecule has 1 aromatic carbocycles. The van der Waals surface area contributed by atoms with Crippen molar-refractivity contribution in [3.63, 3.8) is 0 Å². The number of morpholine rings is 1. The minimum Gasteiger partial charge on any atom is -0.378 e. The molecule has 44 heavy (non-hydrogen) atoms. The van der Waals surface area contributed by atoms with Gasteiger partial charge >= 0.3 is 0 Å². The van der Waals surface area contributed by atoms with E-state index < -0.39 is 0 Å². The highest BCUT2D eigenvalue weighted by Gasteiger charge is 2.16. The van der Waals surface area contributed by atoms with Crippen molar-refractivity contribution in [2.45, 2.75) is 20.8 Å². The molecule has 0 aliphatic carbocycles. The lowest BCUT2D eigenvalue weighted by atomic mass is 10.1. The predicted molar refractivity (Wildman–Crippen MR) is 171 cm³/mol. The normalized spacial score (nSPS) is 13.0. The largest absolute Gasteiger partial charge is 0.378 e. The van der Waals surface area contributed by atoms with Gasteiger partial charge in [-0.15, -0.1) is 0 Å². The van der Waals surface area contributed by atoms with Crippen LogP contribution in [0, 0.1) is 20.8 Å². The van der Waals surface area contributed by atoms with Gasteiger partial charge in [0, 0.05) is 56.0 Å². The molecule has 6 rings (SSSR count). The van der Waals surface area contributed by atoms with Crippen molar-refractivity contribution in [2.75, 3.05) is 53.8 Å². The minimum absolute atomic E-state index is 0.222. The maximum atomic E-state index is 12.8. The van der Waals surface area contributed by atoms with E-state index in [1.807, 2.05) is 75.3 Å². The molecule has 5 aromatic rings. The number of anilines is 6. The van der Waals surface area contributed by atoms with Crippen molar-refractivity contribution in [3.05, 3.63) is 95.8 Å². The summed E-state index contributed by atoms with van der Waals surface area (Å²) in [5, 5.41) is 11.1. The molecule has 0 unspecified atom stereocenters. The van der Waals surface area contributed by atoms with Crippen molar-refractivity contribution in [3.8, 4) is 5.82 Å². The van der Waals surface area contributed by atoms with Gasteiger partial charge in [-0.05, 0) is 62.2 Å². The van der Waals surface area contributed by atoms with Crippen molar-refractivity contribution >= 4 is 40.4 Å². The van der Waals surface area contributed by atoms with E-state index in [9.17, 15) is 4.79 Å². The molecule has 0 atom stereocenters. The van der Waals surface area contributed by atoms with Crippen molar-refractivity contribution in [2.24, 2.45) is 0 Å². The lowest BCUT2D eigenvalue weighted by Gasteiger charge is -2.28. The molecule has 1 amide bonds. The van der Waals surface area contributed by atoms with Crippen LogP contribution < -0.4 is 20.4 Å². The Morgan fingerprint density at radius 2 is 1.75 bits per heavy atom. The molecule has 0 spiro atoms. The Labute approximate surface area is 255 Å². The number of hydrogen-bond donors (Lipinski definition) is 2. The molecule has 12 nitrogen and oxygen atoms in total. The number of aryl methyl sites for hydroxylation is 3. The van der Waals surface area contributed by atoms with Gasteiger partial charge in [0.15, 0.2) is 5.82 Å². The van der Waals surface area contributed by atoms with Crippen molar-refractivity contribution < 1.29 is 9.53 Å². The van der Waals surface area contributed by atoms with E-state index >= 15 is 0 Å². The van der Waals surface area contributed by atoms with Crippen LogP contribution in [-0.4, -0.2) is 69.0 Å². The zero-order valence-corrected chi connectivity index (χ0v) is 25.2. The molecule has 1 aliphatic rings. The van der Waals surface area contributed by atoms with E-state index in [1.165, 1.54) is 6.33 Å². The van der Waals surface area contributed by atoms with Crippen LogP contribution in [0.5, 0.6) is 0 Å². The number of rotatable bonds is 8. The van der Waals surface area contributed by atoms with Gasteiger partial charge < -0.3 is 25.2 Å². The molecule has 2 N–H and O–H groups in total. The molecule has 0 bridgehead atoms. The number of aromatic nitrogens is 6. The molecule has 1 saturated heterocycles. The molecule has 4 aromatic heterocycles. The summed E-state index contributed by atoms with van der Waals surface area (Å²) in [5.41, 5.74) is 5.79. The van der Waals surface area contributed by atoms with Gasteiger partial charge in [-0.2, -0.15) is 9.78 Å². The second-order valence-electron chi connectivity index (χ2n) is 10.7. The molecule has 1 fully saturated rings. The van der Waals surface area contributed by atoms with Gasteiger partial charge in [0.1, 0.15) is 23.8 Å². The summed E-state index contributed by atoms with van der Waals surface area (Å²) in [4.78, 5) is 34.8. The average Bonchev–Trinajstić information content (AvgIpc) is 3.42. The second-order valence-corrected chi connectivity index (χ2v) is 10.7. The van der Waals surface area contributed by atoms with Crippen molar-refractivity contribution in [1.29, 1.82) is 0 Å². The van der Waals surface area contributed by atoms with E-state index in [1.54, 1.807) is 23.1 Å². The van der Waals surface area contributed by atoms with Gasteiger partial charge in [0.2, 0.25) is 0 Å². The Morgan fingerprint density at radius 1 is 0.909 bits per heavy atom. The topological polar surface area (TPSA) is 126 Å². The lowest BCUT2D eigenvalue weighted by Crippen LogP contribution is -2.36. The average molecular weight is 591 g/mol. The number of nitrogens with zero attached hydrogens (tertiary/aromatic N) is 8. The summed E-state index contributed by atoms with van der Waals surface area (Å²) < 4.78 is 7.20.